The molecule has 3 aliphatic rings. The van der Waals surface area contributed by atoms with E-state index in [-0.39, 0.29) is 17.8 Å². The number of hydrogen-bond acceptors (Lipinski definition) is 3. The number of amides is 4. The van der Waals surface area contributed by atoms with Crippen LogP contribution in [0.5, 0.6) is 0 Å². The van der Waals surface area contributed by atoms with E-state index in [1.165, 1.54) is 37.0 Å². The van der Waals surface area contributed by atoms with Gasteiger partial charge in [0.05, 0.1) is 0 Å². The highest BCUT2D eigenvalue weighted by Gasteiger charge is 2.57. The molecule has 1 saturated carbocycles. The lowest BCUT2D eigenvalue weighted by Crippen LogP contribution is -2.56. The standard InChI is InChI=1S/C24H33N3O3/c1-19(28)25-16-13-24(14-17-25)22(29)26(15-12-20-8-4-2-5-9-20)23(30)27(24)18-21-10-6-3-7-11-21/h3,6-7,10-11,20H,2,4-5,8-9,12-18H2,1H3. The van der Waals surface area contributed by atoms with Gasteiger partial charge in [-0.1, -0.05) is 62.4 Å². The van der Waals surface area contributed by atoms with Gasteiger partial charge in [-0.15, -0.1) is 0 Å². The minimum atomic E-state index is -0.814. The van der Waals surface area contributed by atoms with Crippen molar-refractivity contribution in [3.8, 4) is 0 Å². The first kappa shape index (κ1) is 20.9. The summed E-state index contributed by atoms with van der Waals surface area (Å²) in [5.74, 6) is 0.603. The highest BCUT2D eigenvalue weighted by molar-refractivity contribution is 6.07. The molecule has 1 aliphatic carbocycles. The molecule has 0 unspecified atom stereocenters. The number of rotatable bonds is 5. The predicted octanol–water partition coefficient (Wildman–Crippen LogP) is 3.80. The largest absolute Gasteiger partial charge is 0.343 e. The molecule has 162 valence electrons. The molecule has 1 spiro atoms. The summed E-state index contributed by atoms with van der Waals surface area (Å²) < 4.78 is 0. The van der Waals surface area contributed by atoms with Crippen molar-refractivity contribution in [1.82, 2.24) is 14.7 Å². The summed E-state index contributed by atoms with van der Waals surface area (Å²) in [4.78, 5) is 43.9. The Hall–Kier alpha value is -2.37. The third kappa shape index (κ3) is 3.96. The molecule has 4 rings (SSSR count). The van der Waals surface area contributed by atoms with Crippen LogP contribution < -0.4 is 0 Å². The Morgan fingerprint density at radius 3 is 2.33 bits per heavy atom. The van der Waals surface area contributed by atoms with Crippen molar-refractivity contribution in [2.24, 2.45) is 5.92 Å². The lowest BCUT2D eigenvalue weighted by molar-refractivity contribution is -0.140. The van der Waals surface area contributed by atoms with Crippen LogP contribution in [0, 0.1) is 5.92 Å². The fourth-order valence-corrected chi connectivity index (χ4v) is 5.43. The van der Waals surface area contributed by atoms with Crippen molar-refractivity contribution in [3.05, 3.63) is 35.9 Å². The minimum absolute atomic E-state index is 0.0328. The van der Waals surface area contributed by atoms with Crippen LogP contribution >= 0.6 is 0 Å². The zero-order valence-electron chi connectivity index (χ0n) is 18.0. The fourth-order valence-electron chi connectivity index (χ4n) is 5.43. The molecule has 1 aromatic carbocycles. The van der Waals surface area contributed by atoms with Gasteiger partial charge >= 0.3 is 6.03 Å². The lowest BCUT2D eigenvalue weighted by atomic mass is 9.85. The molecule has 2 heterocycles. The van der Waals surface area contributed by atoms with E-state index in [2.05, 4.69) is 0 Å². The Kier molecular flexibility index (Phi) is 6.11. The highest BCUT2D eigenvalue weighted by Crippen LogP contribution is 2.39. The molecule has 4 amide bonds. The summed E-state index contributed by atoms with van der Waals surface area (Å²) in [6.07, 6.45) is 8.19. The number of piperidine rings is 1. The second kappa shape index (κ2) is 8.78. The first-order valence-electron chi connectivity index (χ1n) is 11.4. The molecule has 0 bridgehead atoms. The number of hydrogen-bond donors (Lipinski definition) is 0. The maximum Gasteiger partial charge on any atom is 0.327 e. The van der Waals surface area contributed by atoms with Crippen LogP contribution in [0.2, 0.25) is 0 Å². The smallest absolute Gasteiger partial charge is 0.327 e. The van der Waals surface area contributed by atoms with Crippen molar-refractivity contribution in [1.29, 1.82) is 0 Å². The third-order valence-electron chi connectivity index (χ3n) is 7.33. The number of imide groups is 1. The van der Waals surface area contributed by atoms with E-state index < -0.39 is 5.54 Å². The maximum atomic E-state index is 13.6. The van der Waals surface area contributed by atoms with E-state index in [0.717, 1.165) is 12.0 Å². The summed E-state index contributed by atoms with van der Waals surface area (Å²) in [7, 11) is 0. The topological polar surface area (TPSA) is 60.9 Å². The van der Waals surface area contributed by atoms with Crippen molar-refractivity contribution in [2.75, 3.05) is 19.6 Å². The maximum absolute atomic E-state index is 13.6. The van der Waals surface area contributed by atoms with Crippen LogP contribution in [0.3, 0.4) is 0 Å². The number of carbonyl (C=O) groups excluding carboxylic acids is 3. The van der Waals surface area contributed by atoms with E-state index in [9.17, 15) is 14.4 Å². The molecule has 6 nitrogen and oxygen atoms in total. The number of carbonyl (C=O) groups is 3. The van der Waals surface area contributed by atoms with Gasteiger partial charge in [-0.25, -0.2) is 4.79 Å². The van der Waals surface area contributed by atoms with E-state index >= 15 is 0 Å². The van der Waals surface area contributed by atoms with Gasteiger partial charge in [0.1, 0.15) is 5.54 Å². The zero-order chi connectivity index (χ0) is 21.1. The first-order chi connectivity index (χ1) is 14.5. The average Bonchev–Trinajstić information content (AvgIpc) is 2.95. The fraction of sp³-hybridized carbons (Fsp3) is 0.625. The Morgan fingerprint density at radius 1 is 1.03 bits per heavy atom. The summed E-state index contributed by atoms with van der Waals surface area (Å²) >= 11 is 0. The van der Waals surface area contributed by atoms with Crippen molar-refractivity contribution in [2.45, 2.75) is 70.4 Å². The van der Waals surface area contributed by atoms with Crippen molar-refractivity contribution < 1.29 is 14.4 Å². The molecule has 0 N–H and O–H groups in total. The third-order valence-corrected chi connectivity index (χ3v) is 7.33. The SMILES string of the molecule is CC(=O)N1CCC2(CC1)C(=O)N(CCC1CCCCC1)C(=O)N2Cc1ccccc1. The molecule has 1 aromatic rings. The minimum Gasteiger partial charge on any atom is -0.343 e. The lowest BCUT2D eigenvalue weighted by Gasteiger charge is -2.42. The quantitative estimate of drug-likeness (QED) is 0.693. The molecule has 6 heteroatoms. The van der Waals surface area contributed by atoms with E-state index in [4.69, 9.17) is 0 Å². The van der Waals surface area contributed by atoms with Crippen LogP contribution in [-0.4, -0.2) is 57.7 Å². The van der Waals surface area contributed by atoms with Crippen LogP contribution in [0.25, 0.3) is 0 Å². The van der Waals surface area contributed by atoms with Gasteiger partial charge in [0.2, 0.25) is 5.91 Å². The molecule has 2 saturated heterocycles. The Bertz CT molecular complexity index is 780. The van der Waals surface area contributed by atoms with Crippen molar-refractivity contribution in [3.63, 3.8) is 0 Å². The number of nitrogens with zero attached hydrogens (tertiary/aromatic N) is 3. The van der Waals surface area contributed by atoms with Crippen LogP contribution in [0.4, 0.5) is 4.79 Å². The molecule has 2 aliphatic heterocycles. The molecule has 30 heavy (non-hydrogen) atoms. The normalized spacial score (nSPS) is 22.2. The van der Waals surface area contributed by atoms with Crippen LogP contribution in [-0.2, 0) is 16.1 Å². The number of likely N-dealkylation sites (tertiary alicyclic amines) is 1. The first-order valence-corrected chi connectivity index (χ1v) is 11.4. The molecular weight excluding hydrogens is 378 g/mol. The van der Waals surface area contributed by atoms with Gasteiger partial charge in [0.15, 0.2) is 0 Å². The molecule has 0 aromatic heterocycles. The highest BCUT2D eigenvalue weighted by atomic mass is 16.2. The monoisotopic (exact) mass is 411 g/mol. The molecular formula is C24H33N3O3. The number of benzene rings is 1. The van der Waals surface area contributed by atoms with Gasteiger partial charge in [-0.3, -0.25) is 14.5 Å². The van der Waals surface area contributed by atoms with Crippen molar-refractivity contribution >= 4 is 17.8 Å². The Morgan fingerprint density at radius 2 is 1.70 bits per heavy atom. The van der Waals surface area contributed by atoms with Gasteiger partial charge in [-0.2, -0.15) is 0 Å². The van der Waals surface area contributed by atoms with Gasteiger partial charge in [-0.05, 0) is 30.7 Å². The summed E-state index contributed by atoms with van der Waals surface area (Å²) in [6, 6.07) is 9.73. The second-order valence-corrected chi connectivity index (χ2v) is 9.14. The van der Waals surface area contributed by atoms with E-state index in [1.54, 1.807) is 16.7 Å². The van der Waals surface area contributed by atoms with Gasteiger partial charge in [0.25, 0.3) is 5.91 Å². The summed E-state index contributed by atoms with van der Waals surface area (Å²) in [5, 5.41) is 0. The summed E-state index contributed by atoms with van der Waals surface area (Å²) in [6.45, 7) is 3.57. The van der Waals surface area contributed by atoms with Crippen LogP contribution in [0.1, 0.15) is 63.9 Å². The average molecular weight is 412 g/mol. The Balaban J connectivity index is 1.54. The van der Waals surface area contributed by atoms with E-state index in [0.29, 0.717) is 44.9 Å². The second-order valence-electron chi connectivity index (χ2n) is 9.14. The zero-order valence-corrected chi connectivity index (χ0v) is 18.0. The van der Waals surface area contributed by atoms with E-state index in [1.807, 2.05) is 30.3 Å². The van der Waals surface area contributed by atoms with Gasteiger partial charge < -0.3 is 9.80 Å². The molecule has 0 radical (unpaired) electrons. The van der Waals surface area contributed by atoms with Gasteiger partial charge in [0, 0.05) is 33.1 Å². The van der Waals surface area contributed by atoms with Crippen LogP contribution in [0.15, 0.2) is 30.3 Å². The molecule has 3 fully saturated rings. The molecule has 0 atom stereocenters. The number of urea groups is 1. The predicted molar refractivity (Wildman–Crippen MR) is 115 cm³/mol. The summed E-state index contributed by atoms with van der Waals surface area (Å²) in [5.41, 5.74) is 0.215. The Labute approximate surface area is 179 Å².